The van der Waals surface area contributed by atoms with E-state index >= 15 is 0 Å². The zero-order chi connectivity index (χ0) is 18.7. The fourth-order valence-electron chi connectivity index (χ4n) is 2.92. The van der Waals surface area contributed by atoms with E-state index < -0.39 is 0 Å². The summed E-state index contributed by atoms with van der Waals surface area (Å²) in [4.78, 5) is 13.2. The fourth-order valence-corrected chi connectivity index (χ4v) is 4.63. The van der Waals surface area contributed by atoms with Gasteiger partial charge in [-0.05, 0) is 41.2 Å². The maximum Gasteiger partial charge on any atom is 0.298 e. The van der Waals surface area contributed by atoms with Crippen LogP contribution in [0, 0.1) is 0 Å². The van der Waals surface area contributed by atoms with Gasteiger partial charge in [0, 0.05) is 32.6 Å². The lowest BCUT2D eigenvalue weighted by Gasteiger charge is -2.16. The fraction of sp³-hybridized carbons (Fsp3) is 0.150. The van der Waals surface area contributed by atoms with Gasteiger partial charge in [-0.2, -0.15) is 12.6 Å². The number of thioether (sulfide) groups is 2. The summed E-state index contributed by atoms with van der Waals surface area (Å²) in [5, 5.41) is 12.1. The molecule has 0 aliphatic heterocycles. The van der Waals surface area contributed by atoms with E-state index in [4.69, 9.17) is 4.74 Å². The third-order valence-electron chi connectivity index (χ3n) is 4.18. The van der Waals surface area contributed by atoms with Gasteiger partial charge in [-0.25, -0.2) is 0 Å². The molecule has 0 aliphatic rings. The molecule has 3 aromatic rings. The second-order valence-corrected chi connectivity index (χ2v) is 7.60. The molecule has 0 radical (unpaired) electrons. The van der Waals surface area contributed by atoms with Crippen molar-refractivity contribution < 1.29 is 14.6 Å². The second kappa shape index (κ2) is 8.29. The highest BCUT2D eigenvalue weighted by molar-refractivity contribution is 8.01. The van der Waals surface area contributed by atoms with Crippen LogP contribution in [0.1, 0.15) is 5.56 Å². The molecule has 0 bridgehead atoms. The number of hydrogen-bond acceptors (Lipinski definition) is 6. The number of aromatic hydroxyl groups is 1. The van der Waals surface area contributed by atoms with Crippen molar-refractivity contribution in [1.82, 2.24) is 0 Å². The number of carbonyl (C=O) groups is 1. The van der Waals surface area contributed by atoms with Gasteiger partial charge in [-0.1, -0.05) is 24.3 Å². The predicted octanol–water partition coefficient (Wildman–Crippen LogP) is 5.62. The molecule has 26 heavy (non-hydrogen) atoms. The summed E-state index contributed by atoms with van der Waals surface area (Å²) in [6.45, 7) is 0.387. The van der Waals surface area contributed by atoms with Gasteiger partial charge in [0.1, 0.15) is 11.5 Å². The van der Waals surface area contributed by atoms with Crippen molar-refractivity contribution in [1.29, 1.82) is 0 Å². The van der Waals surface area contributed by atoms with E-state index in [9.17, 15) is 9.90 Å². The quantitative estimate of drug-likeness (QED) is 0.318. The van der Waals surface area contributed by atoms with Gasteiger partial charge in [0.2, 0.25) is 0 Å². The van der Waals surface area contributed by atoms with Crippen LogP contribution in [0.25, 0.3) is 21.9 Å². The highest BCUT2D eigenvalue weighted by atomic mass is 32.2. The minimum absolute atomic E-state index is 0.0931. The van der Waals surface area contributed by atoms with Crippen molar-refractivity contribution in [2.45, 2.75) is 15.5 Å². The van der Waals surface area contributed by atoms with Crippen LogP contribution in [0.2, 0.25) is 0 Å². The van der Waals surface area contributed by atoms with Crippen LogP contribution in [0.3, 0.4) is 0 Å². The molecule has 3 aromatic carbocycles. The Bertz CT molecular complexity index is 953. The van der Waals surface area contributed by atoms with Gasteiger partial charge in [0.25, 0.3) is 6.47 Å². The van der Waals surface area contributed by atoms with Crippen LogP contribution in [0.15, 0.2) is 52.3 Å². The maximum atomic E-state index is 11.0. The minimum Gasteiger partial charge on any atom is -0.507 e. The van der Waals surface area contributed by atoms with Crippen LogP contribution < -0.4 is 4.74 Å². The summed E-state index contributed by atoms with van der Waals surface area (Å²) >= 11 is 7.58. The lowest BCUT2D eigenvalue weighted by atomic mass is 9.96. The second-order valence-electron chi connectivity index (χ2n) is 5.59. The SMILES string of the molecule is CSc1cc2c(O)cc(OC=O)c(-c3ccc(CS)cc3)c2cc1SC. The number of phenolic OH excluding ortho intramolecular Hbond substituents is 1. The number of ether oxygens (including phenoxy) is 1. The highest BCUT2D eigenvalue weighted by Gasteiger charge is 2.17. The molecule has 0 aliphatic carbocycles. The molecule has 0 spiro atoms. The molecule has 0 heterocycles. The van der Waals surface area contributed by atoms with Crippen LogP contribution in [0.5, 0.6) is 11.5 Å². The topological polar surface area (TPSA) is 46.5 Å². The molecule has 3 rings (SSSR count). The van der Waals surface area contributed by atoms with Crippen LogP contribution >= 0.6 is 36.2 Å². The molecule has 6 heteroatoms. The van der Waals surface area contributed by atoms with E-state index in [0.717, 1.165) is 37.3 Å². The van der Waals surface area contributed by atoms with E-state index in [1.807, 2.05) is 48.9 Å². The Morgan fingerprint density at radius 2 is 1.65 bits per heavy atom. The molecule has 3 nitrogen and oxygen atoms in total. The van der Waals surface area contributed by atoms with Gasteiger partial charge < -0.3 is 9.84 Å². The molecule has 0 fully saturated rings. The maximum absolute atomic E-state index is 11.0. The average molecular weight is 403 g/mol. The smallest absolute Gasteiger partial charge is 0.298 e. The Morgan fingerprint density at radius 1 is 1.04 bits per heavy atom. The van der Waals surface area contributed by atoms with Crippen LogP contribution in [0.4, 0.5) is 0 Å². The van der Waals surface area contributed by atoms with E-state index in [-0.39, 0.29) is 5.75 Å². The normalized spacial score (nSPS) is 10.9. The number of hydrogen-bond donors (Lipinski definition) is 2. The molecular formula is C20H18O3S3. The summed E-state index contributed by atoms with van der Waals surface area (Å²) in [7, 11) is 0. The molecule has 1 N–H and O–H groups in total. The molecule has 0 aromatic heterocycles. The Hall–Kier alpha value is -1.76. The highest BCUT2D eigenvalue weighted by Crippen LogP contribution is 2.45. The number of fused-ring (bicyclic) bond motifs is 1. The third kappa shape index (κ3) is 3.54. The number of phenols is 1. The zero-order valence-corrected chi connectivity index (χ0v) is 16.9. The van der Waals surface area contributed by atoms with Crippen molar-refractivity contribution in [3.05, 3.63) is 48.0 Å². The number of benzene rings is 3. The van der Waals surface area contributed by atoms with Gasteiger partial charge in [0.15, 0.2) is 0 Å². The molecule has 0 saturated heterocycles. The van der Waals surface area contributed by atoms with E-state index in [2.05, 4.69) is 12.6 Å². The van der Waals surface area contributed by atoms with E-state index in [0.29, 0.717) is 18.0 Å². The van der Waals surface area contributed by atoms with Crippen molar-refractivity contribution in [2.75, 3.05) is 12.5 Å². The Labute approximate surface area is 166 Å². The van der Waals surface area contributed by atoms with Crippen LogP contribution in [-0.2, 0) is 10.5 Å². The molecule has 134 valence electrons. The minimum atomic E-state index is 0.0931. The molecule has 0 unspecified atom stereocenters. The average Bonchev–Trinajstić information content (AvgIpc) is 2.67. The lowest BCUT2D eigenvalue weighted by Crippen LogP contribution is -1.95. The van der Waals surface area contributed by atoms with E-state index in [1.165, 1.54) is 6.07 Å². The van der Waals surface area contributed by atoms with Crippen molar-refractivity contribution in [2.24, 2.45) is 0 Å². The largest absolute Gasteiger partial charge is 0.507 e. The monoisotopic (exact) mass is 402 g/mol. The first kappa shape index (κ1) is 19.0. The predicted molar refractivity (Wildman–Crippen MR) is 114 cm³/mol. The van der Waals surface area contributed by atoms with Crippen molar-refractivity contribution in [3.8, 4) is 22.6 Å². The van der Waals surface area contributed by atoms with Crippen molar-refractivity contribution >= 4 is 53.4 Å². The Morgan fingerprint density at radius 3 is 2.19 bits per heavy atom. The van der Waals surface area contributed by atoms with Crippen molar-refractivity contribution in [3.63, 3.8) is 0 Å². The molecule has 0 atom stereocenters. The number of carbonyl (C=O) groups excluding carboxylic acids is 1. The van der Waals surface area contributed by atoms with Crippen LogP contribution in [-0.4, -0.2) is 24.1 Å². The summed E-state index contributed by atoms with van der Waals surface area (Å²) in [5.74, 6) is 1.09. The first-order chi connectivity index (χ1) is 12.6. The summed E-state index contributed by atoms with van der Waals surface area (Å²) in [6.07, 6.45) is 4.03. The van der Waals surface area contributed by atoms with Gasteiger partial charge >= 0.3 is 0 Å². The van der Waals surface area contributed by atoms with Gasteiger partial charge in [-0.15, -0.1) is 23.5 Å². The van der Waals surface area contributed by atoms with Gasteiger partial charge in [0.05, 0.1) is 0 Å². The Kier molecular flexibility index (Phi) is 6.06. The lowest BCUT2D eigenvalue weighted by molar-refractivity contribution is -0.120. The molecule has 0 saturated carbocycles. The molecule has 0 amide bonds. The summed E-state index contributed by atoms with van der Waals surface area (Å²) in [5.41, 5.74) is 2.81. The molecular weight excluding hydrogens is 384 g/mol. The zero-order valence-electron chi connectivity index (χ0n) is 14.4. The number of thiol groups is 1. The first-order valence-electron chi connectivity index (χ1n) is 7.85. The standard InChI is InChI=1S/C20H18O3S3/c1-25-18-7-14-15(8-19(18)26-2)20(17(23-11-21)9-16(14)22)13-5-3-12(10-24)4-6-13/h3-9,11,22,24H,10H2,1-2H3. The first-order valence-corrected chi connectivity index (χ1v) is 10.9. The summed E-state index contributed by atoms with van der Waals surface area (Å²) < 4.78 is 5.20. The van der Waals surface area contributed by atoms with Gasteiger partial charge in [-0.3, -0.25) is 4.79 Å². The Balaban J connectivity index is 2.37. The summed E-state index contributed by atoms with van der Waals surface area (Å²) in [6, 6.07) is 13.5. The van der Waals surface area contributed by atoms with E-state index in [1.54, 1.807) is 23.5 Å². The number of rotatable bonds is 6. The third-order valence-corrected chi connectivity index (χ3v) is 6.23.